The first kappa shape index (κ1) is 14.2. The highest BCUT2D eigenvalue weighted by atomic mass is 79.9. The molecule has 4 nitrogen and oxygen atoms in total. The normalized spacial score (nSPS) is 11.3. The van der Waals surface area contributed by atoms with E-state index in [-0.39, 0.29) is 0 Å². The van der Waals surface area contributed by atoms with Gasteiger partial charge in [0.2, 0.25) is 0 Å². The molecule has 0 aliphatic rings. The van der Waals surface area contributed by atoms with E-state index < -0.39 is 0 Å². The SMILES string of the molecule is Cc1cc(Br)cc(-c2nnc(CN)n2CC(C)C)c1. The van der Waals surface area contributed by atoms with E-state index in [2.05, 4.69) is 69.7 Å². The highest BCUT2D eigenvalue weighted by Gasteiger charge is 2.14. The molecule has 1 aromatic heterocycles. The largest absolute Gasteiger partial charge is 0.324 e. The summed E-state index contributed by atoms with van der Waals surface area (Å²) in [5.41, 5.74) is 8.01. The highest BCUT2D eigenvalue weighted by Crippen LogP contribution is 2.25. The van der Waals surface area contributed by atoms with E-state index in [0.29, 0.717) is 12.5 Å². The predicted octanol–water partition coefficient (Wildman–Crippen LogP) is 3.13. The highest BCUT2D eigenvalue weighted by molar-refractivity contribution is 9.10. The second-order valence-electron chi connectivity index (χ2n) is 5.17. The van der Waals surface area contributed by atoms with Gasteiger partial charge in [-0.1, -0.05) is 29.8 Å². The van der Waals surface area contributed by atoms with E-state index >= 15 is 0 Å². The minimum Gasteiger partial charge on any atom is -0.324 e. The maximum absolute atomic E-state index is 5.74. The molecule has 0 radical (unpaired) electrons. The van der Waals surface area contributed by atoms with Crippen molar-refractivity contribution in [1.82, 2.24) is 14.8 Å². The van der Waals surface area contributed by atoms with Crippen molar-refractivity contribution >= 4 is 15.9 Å². The Balaban J connectivity index is 2.51. The summed E-state index contributed by atoms with van der Waals surface area (Å²) in [6.45, 7) is 7.71. The fourth-order valence-corrected chi connectivity index (χ4v) is 2.73. The lowest BCUT2D eigenvalue weighted by Gasteiger charge is -2.12. The lowest BCUT2D eigenvalue weighted by Crippen LogP contribution is -2.13. The maximum Gasteiger partial charge on any atom is 0.164 e. The summed E-state index contributed by atoms with van der Waals surface area (Å²) in [5.74, 6) is 2.24. The zero-order chi connectivity index (χ0) is 14.0. The van der Waals surface area contributed by atoms with Crippen molar-refractivity contribution in [3.05, 3.63) is 34.1 Å². The number of nitrogens with two attached hydrogens (primary N) is 1. The Morgan fingerprint density at radius 1 is 1.26 bits per heavy atom. The molecule has 0 aliphatic heterocycles. The monoisotopic (exact) mass is 322 g/mol. The van der Waals surface area contributed by atoms with Gasteiger partial charge in [-0.05, 0) is 36.6 Å². The first-order valence-electron chi connectivity index (χ1n) is 6.41. The van der Waals surface area contributed by atoms with Gasteiger partial charge in [-0.3, -0.25) is 0 Å². The van der Waals surface area contributed by atoms with E-state index in [4.69, 9.17) is 5.73 Å². The third-order valence-electron chi connectivity index (χ3n) is 2.86. The molecule has 0 spiro atoms. The van der Waals surface area contributed by atoms with Gasteiger partial charge < -0.3 is 10.3 Å². The standard InChI is InChI=1S/C14H19BrN4/c1-9(2)8-19-13(7-16)17-18-14(19)11-4-10(3)5-12(15)6-11/h4-6,9H,7-8,16H2,1-3H3. The summed E-state index contributed by atoms with van der Waals surface area (Å²) >= 11 is 3.53. The summed E-state index contributed by atoms with van der Waals surface area (Å²) in [6, 6.07) is 6.26. The Morgan fingerprint density at radius 2 is 2.00 bits per heavy atom. The van der Waals surface area contributed by atoms with Crippen LogP contribution < -0.4 is 5.73 Å². The van der Waals surface area contributed by atoms with Gasteiger partial charge in [0, 0.05) is 16.6 Å². The van der Waals surface area contributed by atoms with Gasteiger partial charge in [0.05, 0.1) is 6.54 Å². The average molecular weight is 323 g/mol. The Morgan fingerprint density at radius 3 is 2.58 bits per heavy atom. The fraction of sp³-hybridized carbons (Fsp3) is 0.429. The smallest absolute Gasteiger partial charge is 0.164 e. The number of nitrogens with zero attached hydrogens (tertiary/aromatic N) is 3. The minimum absolute atomic E-state index is 0.409. The Bertz CT molecular complexity index is 555. The van der Waals surface area contributed by atoms with Crippen LogP contribution in [0.1, 0.15) is 25.2 Å². The number of rotatable bonds is 4. The molecule has 1 aromatic carbocycles. The molecule has 0 saturated heterocycles. The van der Waals surface area contributed by atoms with Gasteiger partial charge in [0.25, 0.3) is 0 Å². The van der Waals surface area contributed by atoms with E-state index in [1.54, 1.807) is 0 Å². The van der Waals surface area contributed by atoms with Crippen LogP contribution in [0.2, 0.25) is 0 Å². The van der Waals surface area contributed by atoms with Gasteiger partial charge in [-0.15, -0.1) is 10.2 Å². The number of aryl methyl sites for hydroxylation is 1. The number of hydrogen-bond acceptors (Lipinski definition) is 3. The minimum atomic E-state index is 0.409. The lowest BCUT2D eigenvalue weighted by atomic mass is 10.1. The molecular weight excluding hydrogens is 304 g/mol. The van der Waals surface area contributed by atoms with Crippen molar-refractivity contribution in [3.63, 3.8) is 0 Å². The van der Waals surface area contributed by atoms with Gasteiger partial charge >= 0.3 is 0 Å². The molecular formula is C14H19BrN4. The number of hydrogen-bond donors (Lipinski definition) is 1. The van der Waals surface area contributed by atoms with E-state index in [0.717, 1.165) is 28.2 Å². The van der Waals surface area contributed by atoms with Crippen LogP contribution in [0.25, 0.3) is 11.4 Å². The van der Waals surface area contributed by atoms with Crippen LogP contribution in [-0.4, -0.2) is 14.8 Å². The molecule has 0 saturated carbocycles. The second-order valence-corrected chi connectivity index (χ2v) is 6.08. The topological polar surface area (TPSA) is 56.7 Å². The molecule has 1 heterocycles. The quantitative estimate of drug-likeness (QED) is 0.940. The molecule has 0 fully saturated rings. The van der Waals surface area contributed by atoms with Crippen molar-refractivity contribution in [2.45, 2.75) is 33.9 Å². The van der Waals surface area contributed by atoms with E-state index in [1.807, 2.05) is 0 Å². The van der Waals surface area contributed by atoms with Gasteiger partial charge in [0.1, 0.15) is 5.82 Å². The zero-order valence-electron chi connectivity index (χ0n) is 11.5. The summed E-state index contributed by atoms with van der Waals surface area (Å²) in [5, 5.41) is 8.50. The molecule has 102 valence electrons. The van der Waals surface area contributed by atoms with Crippen LogP contribution >= 0.6 is 15.9 Å². The predicted molar refractivity (Wildman–Crippen MR) is 80.6 cm³/mol. The first-order chi connectivity index (χ1) is 9.01. The maximum atomic E-state index is 5.74. The van der Waals surface area contributed by atoms with Gasteiger partial charge in [0.15, 0.2) is 5.82 Å². The van der Waals surface area contributed by atoms with Crippen LogP contribution in [0.4, 0.5) is 0 Å². The Labute approximate surface area is 122 Å². The van der Waals surface area contributed by atoms with Crippen LogP contribution in [0.15, 0.2) is 22.7 Å². The lowest BCUT2D eigenvalue weighted by molar-refractivity contribution is 0.510. The van der Waals surface area contributed by atoms with Crippen LogP contribution in [0.3, 0.4) is 0 Å². The third kappa shape index (κ3) is 3.22. The van der Waals surface area contributed by atoms with Crippen molar-refractivity contribution < 1.29 is 0 Å². The average Bonchev–Trinajstić information content (AvgIpc) is 2.69. The molecule has 0 amide bonds. The summed E-state index contributed by atoms with van der Waals surface area (Å²) in [7, 11) is 0. The molecule has 0 atom stereocenters. The van der Waals surface area contributed by atoms with Crippen molar-refractivity contribution in [2.75, 3.05) is 0 Å². The van der Waals surface area contributed by atoms with Crippen molar-refractivity contribution in [1.29, 1.82) is 0 Å². The summed E-state index contributed by atoms with van der Waals surface area (Å²) < 4.78 is 3.17. The number of halogens is 1. The number of aromatic nitrogens is 3. The Kier molecular flexibility index (Phi) is 4.37. The molecule has 0 aliphatic carbocycles. The van der Waals surface area contributed by atoms with Crippen LogP contribution in [0.5, 0.6) is 0 Å². The second kappa shape index (κ2) is 5.84. The van der Waals surface area contributed by atoms with E-state index in [1.165, 1.54) is 5.56 Å². The molecule has 0 bridgehead atoms. The van der Waals surface area contributed by atoms with Gasteiger partial charge in [-0.25, -0.2) is 0 Å². The first-order valence-corrected chi connectivity index (χ1v) is 7.20. The molecule has 0 unspecified atom stereocenters. The molecule has 19 heavy (non-hydrogen) atoms. The summed E-state index contributed by atoms with van der Waals surface area (Å²) in [6.07, 6.45) is 0. The van der Waals surface area contributed by atoms with Crippen LogP contribution in [-0.2, 0) is 13.1 Å². The fourth-order valence-electron chi connectivity index (χ4n) is 2.12. The van der Waals surface area contributed by atoms with Crippen molar-refractivity contribution in [2.24, 2.45) is 11.7 Å². The zero-order valence-corrected chi connectivity index (χ0v) is 13.1. The molecule has 2 N–H and O–H groups in total. The van der Waals surface area contributed by atoms with Crippen molar-refractivity contribution in [3.8, 4) is 11.4 Å². The molecule has 5 heteroatoms. The summed E-state index contributed by atoms with van der Waals surface area (Å²) in [4.78, 5) is 0. The molecule has 2 rings (SSSR count). The van der Waals surface area contributed by atoms with Gasteiger partial charge in [-0.2, -0.15) is 0 Å². The Hall–Kier alpha value is -1.20. The molecule has 2 aromatic rings. The third-order valence-corrected chi connectivity index (χ3v) is 3.32. The van der Waals surface area contributed by atoms with E-state index in [9.17, 15) is 0 Å². The number of benzene rings is 1. The van der Waals surface area contributed by atoms with Crippen LogP contribution in [0, 0.1) is 12.8 Å².